The van der Waals surface area contributed by atoms with Crippen molar-refractivity contribution in [3.63, 3.8) is 0 Å². The first-order valence-electron chi connectivity index (χ1n) is 4.86. The average molecular weight is 210 g/mol. The summed E-state index contributed by atoms with van der Waals surface area (Å²) in [5.41, 5.74) is 0. The third-order valence-electron chi connectivity index (χ3n) is 1.90. The molecule has 1 nitrogen and oxygen atoms in total. The minimum absolute atomic E-state index is 0.667. The molecule has 0 fully saturated rings. The molecule has 0 saturated heterocycles. The fourth-order valence-electron chi connectivity index (χ4n) is 1.22. The normalized spacial score (nSPS) is 10.9. The zero-order valence-corrected chi connectivity index (χ0v) is 11.2. The first-order valence-corrected chi connectivity index (χ1v) is 10.5. The van der Waals surface area contributed by atoms with Gasteiger partial charge in [-0.25, -0.2) is 0 Å². The van der Waals surface area contributed by atoms with E-state index in [4.69, 9.17) is 4.43 Å². The molecule has 0 amide bonds. The molecule has 0 heterocycles. The largest absolute Gasteiger partial charge is 0.547 e. The van der Waals surface area contributed by atoms with Crippen LogP contribution in [0.3, 0.4) is 0 Å². The topological polar surface area (TPSA) is 9.23 Å². The van der Waals surface area contributed by atoms with Gasteiger partial charge in [-0.1, -0.05) is 30.4 Å². The highest BCUT2D eigenvalue weighted by atomic mass is 28.3. The van der Waals surface area contributed by atoms with E-state index in [0.717, 1.165) is 5.75 Å². The Morgan fingerprint density at radius 2 is 1.77 bits per heavy atom. The van der Waals surface area contributed by atoms with E-state index in [2.05, 4.69) is 50.5 Å². The molecule has 0 atom stereocenters. The van der Waals surface area contributed by atoms with Gasteiger partial charge in [0.2, 0.25) is 9.04 Å². The summed E-state index contributed by atoms with van der Waals surface area (Å²) < 4.78 is 5.77. The van der Waals surface area contributed by atoms with Crippen molar-refractivity contribution < 1.29 is 4.43 Å². The van der Waals surface area contributed by atoms with E-state index in [-0.39, 0.29) is 0 Å². The maximum absolute atomic E-state index is 5.77. The van der Waals surface area contributed by atoms with Crippen LogP contribution in [0.1, 0.15) is 0 Å². The Morgan fingerprint density at radius 3 is 2.31 bits per heavy atom. The van der Waals surface area contributed by atoms with Crippen LogP contribution in [0.4, 0.5) is 0 Å². The van der Waals surface area contributed by atoms with Crippen molar-refractivity contribution in [3.8, 4) is 5.75 Å². The second-order valence-electron chi connectivity index (χ2n) is 3.89. The van der Waals surface area contributed by atoms with Gasteiger partial charge in [0, 0.05) is 0 Å². The molecule has 0 aliphatic carbocycles. The summed E-state index contributed by atoms with van der Waals surface area (Å²) >= 11 is 0. The third kappa shape index (κ3) is 3.36. The van der Waals surface area contributed by atoms with E-state index in [9.17, 15) is 0 Å². The highest BCUT2D eigenvalue weighted by Gasteiger charge is 2.03. The van der Waals surface area contributed by atoms with Crippen LogP contribution in [0.5, 0.6) is 5.75 Å². The van der Waals surface area contributed by atoms with Gasteiger partial charge in [0.15, 0.2) is 0 Å². The van der Waals surface area contributed by atoms with E-state index < -0.39 is 17.8 Å². The molecule has 1 aromatic rings. The summed E-state index contributed by atoms with van der Waals surface area (Å²) in [7, 11) is -1.60. The Labute approximate surface area is 84.1 Å². The quantitative estimate of drug-likeness (QED) is 0.691. The van der Waals surface area contributed by atoms with Gasteiger partial charge in [-0.2, -0.15) is 0 Å². The van der Waals surface area contributed by atoms with Crippen molar-refractivity contribution in [1.29, 1.82) is 0 Å². The van der Waals surface area contributed by atoms with E-state index in [0.29, 0.717) is 0 Å². The van der Waals surface area contributed by atoms with Crippen LogP contribution in [0.2, 0.25) is 26.2 Å². The Hall–Kier alpha value is -0.546. The summed E-state index contributed by atoms with van der Waals surface area (Å²) in [6.07, 6.45) is 0. The SMILES string of the molecule is C[SiH](C)Oc1cccc([SiH](C)C)c1. The Kier molecular flexibility index (Phi) is 3.75. The Morgan fingerprint density at radius 1 is 1.08 bits per heavy atom. The molecule has 0 bridgehead atoms. The number of rotatable bonds is 3. The summed E-state index contributed by atoms with van der Waals surface area (Å²) in [5.74, 6) is 1.07. The van der Waals surface area contributed by atoms with E-state index in [1.807, 2.05) is 0 Å². The zero-order valence-electron chi connectivity index (χ0n) is 8.87. The van der Waals surface area contributed by atoms with Crippen LogP contribution < -0.4 is 9.61 Å². The molecule has 1 rings (SSSR count). The molecule has 0 aliphatic rings. The fraction of sp³-hybridized carbons (Fsp3) is 0.400. The van der Waals surface area contributed by atoms with E-state index >= 15 is 0 Å². The van der Waals surface area contributed by atoms with Crippen molar-refractivity contribution >= 4 is 23.0 Å². The third-order valence-corrected chi connectivity index (χ3v) is 4.33. The average Bonchev–Trinajstić information content (AvgIpc) is 2.03. The van der Waals surface area contributed by atoms with Gasteiger partial charge < -0.3 is 4.43 Å². The number of benzene rings is 1. The molecule has 72 valence electrons. The summed E-state index contributed by atoms with van der Waals surface area (Å²) in [6, 6.07) is 8.59. The molecule has 0 radical (unpaired) electrons. The lowest BCUT2D eigenvalue weighted by molar-refractivity contribution is 0.581. The maximum atomic E-state index is 5.77. The first kappa shape index (κ1) is 10.5. The van der Waals surface area contributed by atoms with Crippen molar-refractivity contribution in [2.24, 2.45) is 0 Å². The van der Waals surface area contributed by atoms with Gasteiger partial charge in [0.25, 0.3) is 0 Å². The van der Waals surface area contributed by atoms with Gasteiger partial charge in [0.05, 0.1) is 8.80 Å². The van der Waals surface area contributed by atoms with Gasteiger partial charge in [-0.3, -0.25) is 0 Å². The molecular weight excluding hydrogens is 192 g/mol. The highest BCUT2D eigenvalue weighted by molar-refractivity contribution is 6.70. The molecule has 0 aromatic heterocycles. The van der Waals surface area contributed by atoms with Gasteiger partial charge in [0.1, 0.15) is 5.75 Å². The summed E-state index contributed by atoms with van der Waals surface area (Å²) in [6.45, 7) is 9.07. The standard InChI is InChI=1S/C10H18OSi2/c1-12(2)10-7-5-6-9(8-10)11-13(3)4/h5-8,12-13H,1-4H3. The zero-order chi connectivity index (χ0) is 9.84. The predicted octanol–water partition coefficient (Wildman–Crippen LogP) is 1.74. The van der Waals surface area contributed by atoms with E-state index in [1.54, 1.807) is 0 Å². The van der Waals surface area contributed by atoms with Crippen LogP contribution in [0.15, 0.2) is 24.3 Å². The second kappa shape index (κ2) is 4.62. The highest BCUT2D eigenvalue weighted by Crippen LogP contribution is 2.09. The molecule has 13 heavy (non-hydrogen) atoms. The maximum Gasteiger partial charge on any atom is 0.229 e. The minimum Gasteiger partial charge on any atom is -0.547 e. The van der Waals surface area contributed by atoms with Crippen LogP contribution in [0.25, 0.3) is 0 Å². The summed E-state index contributed by atoms with van der Waals surface area (Å²) in [4.78, 5) is 0. The van der Waals surface area contributed by atoms with Crippen LogP contribution in [-0.2, 0) is 0 Å². The molecule has 0 unspecified atom stereocenters. The van der Waals surface area contributed by atoms with E-state index in [1.165, 1.54) is 5.19 Å². The van der Waals surface area contributed by atoms with Gasteiger partial charge in [-0.05, 0) is 25.2 Å². The van der Waals surface area contributed by atoms with Crippen molar-refractivity contribution in [2.45, 2.75) is 26.2 Å². The smallest absolute Gasteiger partial charge is 0.229 e. The second-order valence-corrected chi connectivity index (χ2v) is 9.20. The molecule has 0 N–H and O–H groups in total. The van der Waals surface area contributed by atoms with Crippen LogP contribution in [0, 0.1) is 0 Å². The van der Waals surface area contributed by atoms with Crippen molar-refractivity contribution in [2.75, 3.05) is 0 Å². The molecule has 0 saturated carbocycles. The lowest BCUT2D eigenvalue weighted by Crippen LogP contribution is -2.23. The van der Waals surface area contributed by atoms with Crippen LogP contribution >= 0.6 is 0 Å². The number of hydrogen-bond donors (Lipinski definition) is 0. The first-order chi connectivity index (χ1) is 6.09. The lowest BCUT2D eigenvalue weighted by Gasteiger charge is -2.11. The molecule has 3 heteroatoms. The summed E-state index contributed by atoms with van der Waals surface area (Å²) in [5, 5.41) is 1.49. The van der Waals surface area contributed by atoms with Crippen LogP contribution in [-0.4, -0.2) is 17.8 Å². The van der Waals surface area contributed by atoms with Gasteiger partial charge in [-0.15, -0.1) is 0 Å². The Balaban J connectivity index is 2.79. The molecule has 0 aliphatic heterocycles. The minimum atomic E-state index is -0.934. The monoisotopic (exact) mass is 210 g/mol. The van der Waals surface area contributed by atoms with Crippen molar-refractivity contribution in [1.82, 2.24) is 0 Å². The van der Waals surface area contributed by atoms with Gasteiger partial charge >= 0.3 is 0 Å². The van der Waals surface area contributed by atoms with Crippen molar-refractivity contribution in [3.05, 3.63) is 24.3 Å². The lowest BCUT2D eigenvalue weighted by atomic mass is 10.3. The Bertz CT molecular complexity index is 271. The molecular formula is C10H18OSi2. The predicted molar refractivity (Wildman–Crippen MR) is 64.5 cm³/mol. The molecule has 0 spiro atoms. The molecule has 1 aromatic carbocycles. The fourth-order valence-corrected chi connectivity index (χ4v) is 2.90. The number of hydrogen-bond acceptors (Lipinski definition) is 1.